The van der Waals surface area contributed by atoms with E-state index in [1.807, 2.05) is 17.5 Å². The minimum absolute atomic E-state index is 0.143. The van der Waals surface area contributed by atoms with Crippen LogP contribution >= 0.6 is 11.3 Å². The molecule has 0 spiro atoms. The van der Waals surface area contributed by atoms with Gasteiger partial charge in [-0.05, 0) is 36.8 Å². The highest BCUT2D eigenvalue weighted by Gasteiger charge is 2.31. The molecule has 1 aromatic rings. The van der Waals surface area contributed by atoms with Gasteiger partial charge in [0.1, 0.15) is 0 Å². The molecule has 4 heteroatoms. The first-order chi connectivity index (χ1) is 7.81. The highest BCUT2D eigenvalue weighted by molar-refractivity contribution is 7.09. The van der Waals surface area contributed by atoms with Crippen molar-refractivity contribution >= 4 is 17.2 Å². The van der Waals surface area contributed by atoms with Crippen LogP contribution in [0.5, 0.6) is 0 Å². The minimum atomic E-state index is 0.143. The number of carbonyl (C=O) groups is 1. The number of nitrogens with two attached hydrogens (primary N) is 1. The van der Waals surface area contributed by atoms with Crippen molar-refractivity contribution in [3.8, 4) is 0 Å². The molecule has 1 aliphatic carbocycles. The maximum absolute atomic E-state index is 11.9. The predicted molar refractivity (Wildman–Crippen MR) is 66.1 cm³/mol. The molecule has 0 aromatic carbocycles. The Morgan fingerprint density at radius 3 is 3.12 bits per heavy atom. The molecule has 88 valence electrons. The van der Waals surface area contributed by atoms with Crippen molar-refractivity contribution in [2.75, 3.05) is 6.54 Å². The van der Waals surface area contributed by atoms with Crippen LogP contribution in [0, 0.1) is 11.8 Å². The summed E-state index contributed by atoms with van der Waals surface area (Å²) >= 11 is 1.67. The van der Waals surface area contributed by atoms with Crippen LogP contribution in [0.25, 0.3) is 0 Å². The van der Waals surface area contributed by atoms with Gasteiger partial charge in [0.25, 0.3) is 0 Å². The van der Waals surface area contributed by atoms with E-state index in [0.717, 1.165) is 19.3 Å². The fourth-order valence-electron chi connectivity index (χ4n) is 2.38. The van der Waals surface area contributed by atoms with Crippen LogP contribution < -0.4 is 11.1 Å². The Morgan fingerprint density at radius 2 is 2.44 bits per heavy atom. The molecule has 2 atom stereocenters. The van der Waals surface area contributed by atoms with Gasteiger partial charge < -0.3 is 11.1 Å². The molecule has 2 rings (SSSR count). The summed E-state index contributed by atoms with van der Waals surface area (Å²) in [6.45, 7) is 1.29. The molecular weight excluding hydrogens is 220 g/mol. The van der Waals surface area contributed by atoms with Crippen LogP contribution in [0.2, 0.25) is 0 Å². The van der Waals surface area contributed by atoms with Crippen LogP contribution in [0.1, 0.15) is 24.1 Å². The van der Waals surface area contributed by atoms with Crippen LogP contribution in [-0.2, 0) is 11.3 Å². The molecule has 1 aromatic heterocycles. The standard InChI is InChI=1S/C12H18N2OS/c13-7-9-3-1-5-11(9)12(15)14-8-10-4-2-6-16-10/h2,4,6,9,11H,1,3,5,7-8,13H2,(H,14,15)/t9-,11-/m1/s1. The zero-order valence-electron chi connectivity index (χ0n) is 9.32. The van der Waals surface area contributed by atoms with Crippen molar-refractivity contribution in [3.63, 3.8) is 0 Å². The topological polar surface area (TPSA) is 55.1 Å². The van der Waals surface area contributed by atoms with Gasteiger partial charge in [0.15, 0.2) is 0 Å². The van der Waals surface area contributed by atoms with Gasteiger partial charge in [-0.15, -0.1) is 11.3 Å². The van der Waals surface area contributed by atoms with Crippen molar-refractivity contribution < 1.29 is 4.79 Å². The summed E-state index contributed by atoms with van der Waals surface area (Å²) in [6.07, 6.45) is 3.24. The van der Waals surface area contributed by atoms with Crippen LogP contribution in [-0.4, -0.2) is 12.5 Å². The molecule has 0 radical (unpaired) electrons. The minimum Gasteiger partial charge on any atom is -0.351 e. The molecule has 0 bridgehead atoms. The third-order valence-corrected chi connectivity index (χ3v) is 4.19. The number of thiophene rings is 1. The first-order valence-electron chi connectivity index (χ1n) is 5.81. The highest BCUT2D eigenvalue weighted by Crippen LogP contribution is 2.31. The van der Waals surface area contributed by atoms with Gasteiger partial charge in [0.05, 0.1) is 6.54 Å². The van der Waals surface area contributed by atoms with Gasteiger partial charge in [-0.1, -0.05) is 12.5 Å². The zero-order chi connectivity index (χ0) is 11.4. The zero-order valence-corrected chi connectivity index (χ0v) is 10.1. The number of hydrogen-bond donors (Lipinski definition) is 2. The summed E-state index contributed by atoms with van der Waals surface area (Å²) in [5.74, 6) is 0.717. The smallest absolute Gasteiger partial charge is 0.223 e. The molecule has 1 heterocycles. The van der Waals surface area contributed by atoms with E-state index in [9.17, 15) is 4.79 Å². The van der Waals surface area contributed by atoms with Crippen molar-refractivity contribution in [3.05, 3.63) is 22.4 Å². The molecule has 0 aliphatic heterocycles. The van der Waals surface area contributed by atoms with Gasteiger partial charge in [-0.25, -0.2) is 0 Å². The van der Waals surface area contributed by atoms with Gasteiger partial charge in [-0.3, -0.25) is 4.79 Å². The number of amides is 1. The Labute approximate surface area is 100 Å². The maximum atomic E-state index is 11.9. The van der Waals surface area contributed by atoms with Gasteiger partial charge in [0.2, 0.25) is 5.91 Å². The average molecular weight is 238 g/mol. The molecule has 1 fully saturated rings. The fraction of sp³-hybridized carbons (Fsp3) is 0.583. The van der Waals surface area contributed by atoms with E-state index in [4.69, 9.17) is 5.73 Å². The van der Waals surface area contributed by atoms with E-state index in [1.54, 1.807) is 11.3 Å². The summed E-state index contributed by atoms with van der Waals surface area (Å²) in [7, 11) is 0. The lowest BCUT2D eigenvalue weighted by molar-refractivity contribution is -0.126. The van der Waals surface area contributed by atoms with E-state index in [2.05, 4.69) is 5.32 Å². The monoisotopic (exact) mass is 238 g/mol. The van der Waals surface area contributed by atoms with E-state index in [-0.39, 0.29) is 11.8 Å². The van der Waals surface area contributed by atoms with E-state index in [0.29, 0.717) is 19.0 Å². The van der Waals surface area contributed by atoms with E-state index < -0.39 is 0 Å². The normalized spacial score (nSPS) is 24.6. The van der Waals surface area contributed by atoms with Crippen LogP contribution in [0.15, 0.2) is 17.5 Å². The molecule has 3 N–H and O–H groups in total. The number of rotatable bonds is 4. The third kappa shape index (κ3) is 2.62. The highest BCUT2D eigenvalue weighted by atomic mass is 32.1. The Kier molecular flexibility index (Phi) is 3.96. The van der Waals surface area contributed by atoms with Crippen molar-refractivity contribution in [2.45, 2.75) is 25.8 Å². The molecule has 1 saturated carbocycles. The molecule has 3 nitrogen and oxygen atoms in total. The lowest BCUT2D eigenvalue weighted by Gasteiger charge is -2.16. The number of nitrogens with one attached hydrogen (secondary N) is 1. The van der Waals surface area contributed by atoms with Gasteiger partial charge in [0, 0.05) is 10.8 Å². The fourth-order valence-corrected chi connectivity index (χ4v) is 3.03. The number of carbonyl (C=O) groups excluding carboxylic acids is 1. The first kappa shape index (κ1) is 11.6. The summed E-state index contributed by atoms with van der Waals surface area (Å²) in [5, 5.41) is 5.03. The first-order valence-corrected chi connectivity index (χ1v) is 6.69. The van der Waals surface area contributed by atoms with Crippen LogP contribution in [0.3, 0.4) is 0 Å². The summed E-state index contributed by atoms with van der Waals surface area (Å²) < 4.78 is 0. The molecule has 0 saturated heterocycles. The third-order valence-electron chi connectivity index (χ3n) is 3.32. The summed E-state index contributed by atoms with van der Waals surface area (Å²) in [6, 6.07) is 4.05. The molecular formula is C12H18N2OS. The van der Waals surface area contributed by atoms with Crippen molar-refractivity contribution in [2.24, 2.45) is 17.6 Å². The maximum Gasteiger partial charge on any atom is 0.223 e. The predicted octanol–water partition coefficient (Wildman–Crippen LogP) is 1.74. The van der Waals surface area contributed by atoms with Gasteiger partial charge in [-0.2, -0.15) is 0 Å². The lowest BCUT2D eigenvalue weighted by Crippen LogP contribution is -2.34. The van der Waals surface area contributed by atoms with Crippen molar-refractivity contribution in [1.29, 1.82) is 0 Å². The van der Waals surface area contributed by atoms with Gasteiger partial charge >= 0.3 is 0 Å². The summed E-state index contributed by atoms with van der Waals surface area (Å²) in [5.41, 5.74) is 5.67. The average Bonchev–Trinajstić information content (AvgIpc) is 2.96. The van der Waals surface area contributed by atoms with Crippen molar-refractivity contribution in [1.82, 2.24) is 5.32 Å². The Balaban J connectivity index is 1.83. The molecule has 0 unspecified atom stereocenters. The van der Waals surface area contributed by atoms with E-state index in [1.165, 1.54) is 4.88 Å². The second kappa shape index (κ2) is 5.46. The quantitative estimate of drug-likeness (QED) is 0.839. The molecule has 16 heavy (non-hydrogen) atoms. The SMILES string of the molecule is NC[C@H]1CCC[C@H]1C(=O)NCc1cccs1. The lowest BCUT2D eigenvalue weighted by atomic mass is 9.95. The Bertz CT molecular complexity index is 337. The molecule has 1 amide bonds. The second-order valence-corrected chi connectivity index (χ2v) is 5.36. The second-order valence-electron chi connectivity index (χ2n) is 4.33. The van der Waals surface area contributed by atoms with Crippen LogP contribution in [0.4, 0.5) is 0 Å². The Morgan fingerprint density at radius 1 is 1.56 bits per heavy atom. The largest absolute Gasteiger partial charge is 0.351 e. The molecule has 1 aliphatic rings. The Hall–Kier alpha value is -0.870. The number of hydrogen-bond acceptors (Lipinski definition) is 3. The summed E-state index contributed by atoms with van der Waals surface area (Å²) in [4.78, 5) is 13.2. The van der Waals surface area contributed by atoms with E-state index >= 15 is 0 Å².